The van der Waals surface area contributed by atoms with Crippen molar-refractivity contribution in [1.29, 1.82) is 0 Å². The average Bonchev–Trinajstić information content (AvgIpc) is 2.56. The number of nitrogens with two attached hydrogens (primary N) is 1. The summed E-state index contributed by atoms with van der Waals surface area (Å²) in [5.74, 6) is 0.927. The third-order valence-corrected chi connectivity index (χ3v) is 3.85. The van der Waals surface area contributed by atoms with Crippen LogP contribution < -0.4 is 15.4 Å². The number of para-hydroxylation sites is 2. The van der Waals surface area contributed by atoms with Gasteiger partial charge in [-0.2, -0.15) is 0 Å². The Bertz CT molecular complexity index is 408. The lowest BCUT2D eigenvalue weighted by molar-refractivity contribution is 0.0391. The number of hydrogen-bond donors (Lipinski definition) is 1. The normalized spacial score (nSPS) is 15.9. The Morgan fingerprint density at radius 2 is 2.00 bits per heavy atom. The van der Waals surface area contributed by atoms with E-state index in [-0.39, 0.29) is 0 Å². The van der Waals surface area contributed by atoms with Crippen LogP contribution in [0.1, 0.15) is 6.42 Å². The monoisotopic (exact) mass is 293 g/mol. The molecule has 1 heterocycles. The topological polar surface area (TPSA) is 51.0 Å². The quantitative estimate of drug-likeness (QED) is 0.780. The number of benzene rings is 1. The molecule has 0 bridgehead atoms. The largest absolute Gasteiger partial charge is 0.495 e. The molecule has 118 valence electrons. The minimum absolute atomic E-state index is 0.712. The molecule has 0 aromatic heterocycles. The molecule has 0 radical (unpaired) electrons. The Morgan fingerprint density at radius 3 is 2.71 bits per heavy atom. The van der Waals surface area contributed by atoms with Crippen LogP contribution in [0.25, 0.3) is 0 Å². The minimum Gasteiger partial charge on any atom is -0.495 e. The lowest BCUT2D eigenvalue weighted by Gasteiger charge is -2.31. The average molecular weight is 293 g/mol. The fourth-order valence-electron chi connectivity index (χ4n) is 2.61. The fourth-order valence-corrected chi connectivity index (χ4v) is 2.61. The van der Waals surface area contributed by atoms with Crippen LogP contribution in [-0.2, 0) is 4.74 Å². The van der Waals surface area contributed by atoms with Crippen LogP contribution in [0, 0.1) is 0 Å². The van der Waals surface area contributed by atoms with Crippen LogP contribution in [-0.4, -0.2) is 64.5 Å². The molecule has 1 aromatic carbocycles. The van der Waals surface area contributed by atoms with Crippen molar-refractivity contribution in [3.05, 3.63) is 24.3 Å². The summed E-state index contributed by atoms with van der Waals surface area (Å²) in [6.45, 7) is 7.44. The van der Waals surface area contributed by atoms with Gasteiger partial charge in [0.05, 0.1) is 26.0 Å². The smallest absolute Gasteiger partial charge is 0.142 e. The molecule has 0 unspecified atom stereocenters. The molecular weight excluding hydrogens is 266 g/mol. The maximum atomic E-state index is 5.68. The molecule has 1 aliphatic rings. The highest BCUT2D eigenvalue weighted by atomic mass is 16.5. The number of nitrogens with zero attached hydrogens (tertiary/aromatic N) is 2. The van der Waals surface area contributed by atoms with Crippen LogP contribution >= 0.6 is 0 Å². The van der Waals surface area contributed by atoms with Crippen LogP contribution in [0.15, 0.2) is 24.3 Å². The standard InChI is InChI=1S/C16H27N3O2/c1-20-16-6-3-2-5-15(16)19(8-4-7-17)10-9-18-11-13-21-14-12-18/h2-3,5-6H,4,7-14,17H2,1H3. The summed E-state index contributed by atoms with van der Waals surface area (Å²) in [6, 6.07) is 8.20. The van der Waals surface area contributed by atoms with E-state index in [1.54, 1.807) is 7.11 Å². The lowest BCUT2D eigenvalue weighted by Crippen LogP contribution is -2.42. The van der Waals surface area contributed by atoms with Crippen molar-refractivity contribution in [3.8, 4) is 5.75 Å². The Hall–Kier alpha value is -1.30. The minimum atomic E-state index is 0.712. The van der Waals surface area contributed by atoms with E-state index in [2.05, 4.69) is 21.9 Å². The van der Waals surface area contributed by atoms with Crippen LogP contribution in [0.2, 0.25) is 0 Å². The Labute approximate surface area is 127 Å². The SMILES string of the molecule is COc1ccccc1N(CCCN)CCN1CCOCC1. The predicted octanol–water partition coefficient (Wildman–Crippen LogP) is 1.18. The van der Waals surface area contributed by atoms with Gasteiger partial charge in [0.15, 0.2) is 0 Å². The van der Waals surface area contributed by atoms with E-state index in [4.69, 9.17) is 15.2 Å². The van der Waals surface area contributed by atoms with E-state index in [9.17, 15) is 0 Å². The molecule has 1 fully saturated rings. The van der Waals surface area contributed by atoms with Crippen molar-refractivity contribution in [1.82, 2.24) is 4.90 Å². The van der Waals surface area contributed by atoms with E-state index < -0.39 is 0 Å². The molecule has 0 aliphatic carbocycles. The number of ether oxygens (including phenoxy) is 2. The van der Waals surface area contributed by atoms with Crippen LogP contribution in [0.3, 0.4) is 0 Å². The second-order valence-corrected chi connectivity index (χ2v) is 5.26. The van der Waals surface area contributed by atoms with Crippen LogP contribution in [0.4, 0.5) is 5.69 Å². The molecule has 2 N–H and O–H groups in total. The molecule has 1 saturated heterocycles. The first kappa shape index (κ1) is 16.1. The van der Waals surface area contributed by atoms with Crippen molar-refractivity contribution < 1.29 is 9.47 Å². The predicted molar refractivity (Wildman–Crippen MR) is 86.1 cm³/mol. The molecule has 0 saturated carbocycles. The van der Waals surface area contributed by atoms with Gasteiger partial charge in [0.25, 0.3) is 0 Å². The first-order valence-electron chi connectivity index (χ1n) is 7.73. The van der Waals surface area contributed by atoms with Gasteiger partial charge in [0.1, 0.15) is 5.75 Å². The Morgan fingerprint density at radius 1 is 1.24 bits per heavy atom. The van der Waals surface area contributed by atoms with E-state index in [0.29, 0.717) is 6.54 Å². The molecule has 1 aromatic rings. The van der Waals surface area contributed by atoms with Gasteiger partial charge in [-0.15, -0.1) is 0 Å². The lowest BCUT2D eigenvalue weighted by atomic mass is 10.2. The summed E-state index contributed by atoms with van der Waals surface area (Å²) in [5, 5.41) is 0. The van der Waals surface area contributed by atoms with Gasteiger partial charge in [-0.25, -0.2) is 0 Å². The van der Waals surface area contributed by atoms with E-state index >= 15 is 0 Å². The van der Waals surface area contributed by atoms with Crippen LogP contribution in [0.5, 0.6) is 5.75 Å². The van der Waals surface area contributed by atoms with Crippen molar-refractivity contribution in [2.75, 3.05) is 64.5 Å². The fraction of sp³-hybridized carbons (Fsp3) is 0.625. The van der Waals surface area contributed by atoms with E-state index in [1.165, 1.54) is 0 Å². The van der Waals surface area contributed by atoms with Crippen molar-refractivity contribution >= 4 is 5.69 Å². The number of methoxy groups -OCH3 is 1. The maximum absolute atomic E-state index is 5.68. The number of rotatable bonds is 8. The first-order valence-corrected chi connectivity index (χ1v) is 7.73. The molecule has 21 heavy (non-hydrogen) atoms. The van der Waals surface area contributed by atoms with E-state index in [1.807, 2.05) is 12.1 Å². The van der Waals surface area contributed by atoms with Gasteiger partial charge in [0.2, 0.25) is 0 Å². The van der Waals surface area contributed by atoms with Gasteiger partial charge in [-0.1, -0.05) is 12.1 Å². The molecule has 1 aliphatic heterocycles. The van der Waals surface area contributed by atoms with Crippen molar-refractivity contribution in [2.24, 2.45) is 5.73 Å². The Balaban J connectivity index is 1.99. The molecule has 0 amide bonds. The number of hydrogen-bond acceptors (Lipinski definition) is 5. The Kier molecular flexibility index (Phi) is 6.79. The molecule has 2 rings (SSSR count). The van der Waals surface area contributed by atoms with Gasteiger partial charge in [0, 0.05) is 32.7 Å². The summed E-state index contributed by atoms with van der Waals surface area (Å²) in [5.41, 5.74) is 6.83. The summed E-state index contributed by atoms with van der Waals surface area (Å²) in [7, 11) is 1.72. The summed E-state index contributed by atoms with van der Waals surface area (Å²) >= 11 is 0. The first-order chi connectivity index (χ1) is 10.3. The van der Waals surface area contributed by atoms with Gasteiger partial charge >= 0.3 is 0 Å². The zero-order valence-corrected chi connectivity index (χ0v) is 13.0. The van der Waals surface area contributed by atoms with E-state index in [0.717, 1.165) is 63.8 Å². The third kappa shape index (κ3) is 4.88. The highest BCUT2D eigenvalue weighted by Gasteiger charge is 2.15. The molecule has 5 nitrogen and oxygen atoms in total. The van der Waals surface area contributed by atoms with Crippen molar-refractivity contribution in [3.63, 3.8) is 0 Å². The highest BCUT2D eigenvalue weighted by Crippen LogP contribution is 2.27. The molecule has 5 heteroatoms. The van der Waals surface area contributed by atoms with Crippen molar-refractivity contribution in [2.45, 2.75) is 6.42 Å². The van der Waals surface area contributed by atoms with Gasteiger partial charge < -0.3 is 20.1 Å². The highest BCUT2D eigenvalue weighted by molar-refractivity contribution is 5.58. The molecule has 0 atom stereocenters. The second-order valence-electron chi connectivity index (χ2n) is 5.26. The molecular formula is C16H27N3O2. The zero-order valence-electron chi connectivity index (χ0n) is 13.0. The third-order valence-electron chi connectivity index (χ3n) is 3.85. The van der Waals surface area contributed by atoms with Gasteiger partial charge in [-0.3, -0.25) is 4.90 Å². The second kappa shape index (κ2) is 8.87. The summed E-state index contributed by atoms with van der Waals surface area (Å²) in [6.07, 6.45) is 0.987. The molecule has 0 spiro atoms. The van der Waals surface area contributed by atoms with Gasteiger partial charge in [-0.05, 0) is 25.1 Å². The summed E-state index contributed by atoms with van der Waals surface area (Å²) in [4.78, 5) is 4.83. The number of morpholine rings is 1. The maximum Gasteiger partial charge on any atom is 0.142 e. The zero-order chi connectivity index (χ0) is 14.9. The number of anilines is 1. The summed E-state index contributed by atoms with van der Waals surface area (Å²) < 4.78 is 10.9.